The third kappa shape index (κ3) is 5.70. The Labute approximate surface area is 207 Å². The van der Waals surface area contributed by atoms with Crippen molar-refractivity contribution in [3.8, 4) is 0 Å². The smallest absolute Gasteiger partial charge is 0.303 e. The fourth-order valence-electron chi connectivity index (χ4n) is 4.01. The number of hydrogen-bond donors (Lipinski definition) is 2. The molecule has 0 radical (unpaired) electrons. The molecule has 1 fully saturated rings. The number of carbonyl (C=O) groups excluding carboxylic acids is 1. The van der Waals surface area contributed by atoms with Gasteiger partial charge in [-0.2, -0.15) is 12.7 Å². The number of amides is 1. The molecule has 1 amide bonds. The molecular weight excluding hydrogens is 462 g/mol. The number of anilines is 2. The number of nitrogens with one attached hydrogen (secondary N) is 2. The van der Waals surface area contributed by atoms with Gasteiger partial charge in [0.1, 0.15) is 11.9 Å². The van der Waals surface area contributed by atoms with E-state index in [1.54, 1.807) is 19.2 Å². The molecule has 0 bridgehead atoms. The molecule has 0 unspecified atom stereocenters. The van der Waals surface area contributed by atoms with E-state index in [0.717, 1.165) is 5.56 Å². The maximum atomic E-state index is 13.3. The maximum Gasteiger partial charge on any atom is 0.303 e. The van der Waals surface area contributed by atoms with Crippen LogP contribution < -0.4 is 14.9 Å². The standard InChI is InChI=1S/C26H31N5O3S/c1-19-9-11-21(12-10-19)20(2)17-28-25(22-7-5-4-6-8-22)26(32)29-24-14-13-23(18-27-24)31-16-15-30(3)35(31,33)34/h4-14,18,20,25,28H,15-17H2,1-3H3,(H,27,29,32)/t20-,25+/m1/s1. The Bertz CT molecular complexity index is 1250. The highest BCUT2D eigenvalue weighted by molar-refractivity contribution is 7.90. The van der Waals surface area contributed by atoms with Crippen molar-refractivity contribution in [3.05, 3.63) is 89.6 Å². The Hall–Kier alpha value is -3.27. The van der Waals surface area contributed by atoms with E-state index in [0.29, 0.717) is 31.1 Å². The lowest BCUT2D eigenvalue weighted by molar-refractivity contribution is -0.118. The van der Waals surface area contributed by atoms with Gasteiger partial charge in [-0.05, 0) is 36.1 Å². The van der Waals surface area contributed by atoms with Crippen molar-refractivity contribution in [2.75, 3.05) is 36.3 Å². The van der Waals surface area contributed by atoms with Gasteiger partial charge in [-0.3, -0.25) is 9.10 Å². The highest BCUT2D eigenvalue weighted by atomic mass is 32.2. The molecule has 0 aliphatic carbocycles. The molecule has 35 heavy (non-hydrogen) atoms. The van der Waals surface area contributed by atoms with Crippen molar-refractivity contribution < 1.29 is 13.2 Å². The van der Waals surface area contributed by atoms with Gasteiger partial charge in [0, 0.05) is 26.7 Å². The summed E-state index contributed by atoms with van der Waals surface area (Å²) in [5.74, 6) is 0.339. The molecule has 2 N–H and O–H groups in total. The predicted molar refractivity (Wildman–Crippen MR) is 139 cm³/mol. The van der Waals surface area contributed by atoms with E-state index in [9.17, 15) is 13.2 Å². The number of benzene rings is 2. The minimum absolute atomic E-state index is 0.215. The molecule has 1 saturated heterocycles. The van der Waals surface area contributed by atoms with Crippen LogP contribution in [0.15, 0.2) is 72.9 Å². The largest absolute Gasteiger partial charge is 0.309 e. The van der Waals surface area contributed by atoms with E-state index in [2.05, 4.69) is 53.7 Å². The minimum atomic E-state index is -3.52. The van der Waals surface area contributed by atoms with Crippen molar-refractivity contribution >= 4 is 27.6 Å². The molecule has 2 heterocycles. The second-order valence-corrected chi connectivity index (χ2v) is 10.8. The highest BCUT2D eigenvalue weighted by Crippen LogP contribution is 2.25. The summed E-state index contributed by atoms with van der Waals surface area (Å²) in [7, 11) is -1.97. The van der Waals surface area contributed by atoms with Crippen LogP contribution in [0.25, 0.3) is 0 Å². The van der Waals surface area contributed by atoms with Crippen molar-refractivity contribution in [2.45, 2.75) is 25.8 Å². The van der Waals surface area contributed by atoms with E-state index in [1.807, 2.05) is 30.3 Å². The summed E-state index contributed by atoms with van der Waals surface area (Å²) in [5, 5.41) is 6.28. The third-order valence-corrected chi connectivity index (χ3v) is 8.17. The van der Waals surface area contributed by atoms with Crippen LogP contribution in [0.1, 0.15) is 35.6 Å². The van der Waals surface area contributed by atoms with Crippen LogP contribution in [-0.2, 0) is 15.0 Å². The van der Waals surface area contributed by atoms with Crippen molar-refractivity contribution in [1.29, 1.82) is 0 Å². The topological polar surface area (TPSA) is 94.6 Å². The average Bonchev–Trinajstić information content (AvgIpc) is 3.12. The van der Waals surface area contributed by atoms with Gasteiger partial charge >= 0.3 is 10.2 Å². The van der Waals surface area contributed by atoms with Crippen LogP contribution in [-0.4, -0.2) is 50.3 Å². The second-order valence-electron chi connectivity index (χ2n) is 8.86. The van der Waals surface area contributed by atoms with Crippen LogP contribution in [0.3, 0.4) is 0 Å². The summed E-state index contributed by atoms with van der Waals surface area (Å²) in [4.78, 5) is 17.6. The van der Waals surface area contributed by atoms with Crippen LogP contribution in [0.2, 0.25) is 0 Å². The number of aromatic nitrogens is 1. The van der Waals surface area contributed by atoms with Gasteiger partial charge in [-0.1, -0.05) is 67.1 Å². The first-order valence-electron chi connectivity index (χ1n) is 11.6. The number of pyridine rings is 1. The lowest BCUT2D eigenvalue weighted by Crippen LogP contribution is -2.35. The molecule has 8 nitrogen and oxygen atoms in total. The maximum absolute atomic E-state index is 13.3. The number of carbonyl (C=O) groups is 1. The van der Waals surface area contributed by atoms with Gasteiger partial charge < -0.3 is 10.6 Å². The lowest BCUT2D eigenvalue weighted by Gasteiger charge is -2.22. The normalized spacial score (nSPS) is 17.2. The lowest BCUT2D eigenvalue weighted by atomic mass is 9.98. The molecule has 1 aromatic heterocycles. The summed E-state index contributed by atoms with van der Waals surface area (Å²) in [6, 6.07) is 20.7. The molecule has 0 saturated carbocycles. The van der Waals surface area contributed by atoms with Gasteiger partial charge in [0.25, 0.3) is 0 Å². The summed E-state index contributed by atoms with van der Waals surface area (Å²) in [6.45, 7) is 5.59. The number of aryl methyl sites for hydroxylation is 1. The molecule has 2 aromatic carbocycles. The first kappa shape index (κ1) is 24.8. The molecule has 4 rings (SSSR count). The van der Waals surface area contributed by atoms with Gasteiger partial charge in [-0.15, -0.1) is 0 Å². The van der Waals surface area contributed by atoms with Crippen molar-refractivity contribution in [2.24, 2.45) is 0 Å². The quantitative estimate of drug-likeness (QED) is 0.501. The molecule has 9 heteroatoms. The zero-order chi connectivity index (χ0) is 25.0. The van der Waals surface area contributed by atoms with E-state index >= 15 is 0 Å². The first-order chi connectivity index (χ1) is 16.8. The second kappa shape index (κ2) is 10.6. The molecule has 2 atom stereocenters. The van der Waals surface area contributed by atoms with E-state index in [4.69, 9.17) is 0 Å². The SMILES string of the molecule is Cc1ccc([C@H](C)CN[C@H](C(=O)Nc2ccc(N3CCN(C)S3(=O)=O)cn2)c2ccccc2)cc1. The molecule has 1 aliphatic rings. The zero-order valence-electron chi connectivity index (χ0n) is 20.2. The van der Waals surface area contributed by atoms with Gasteiger partial charge in [0.05, 0.1) is 11.9 Å². The number of nitrogens with zero attached hydrogens (tertiary/aromatic N) is 3. The van der Waals surface area contributed by atoms with Gasteiger partial charge in [-0.25, -0.2) is 4.98 Å². The number of likely N-dealkylation sites (N-methyl/N-ethyl adjacent to an activating group) is 1. The van der Waals surface area contributed by atoms with Crippen LogP contribution in [0.4, 0.5) is 11.5 Å². The van der Waals surface area contributed by atoms with E-state index < -0.39 is 16.3 Å². The minimum Gasteiger partial charge on any atom is -0.309 e. The Morgan fingerprint density at radius 1 is 1.00 bits per heavy atom. The third-order valence-electron chi connectivity index (χ3n) is 6.25. The Morgan fingerprint density at radius 2 is 1.71 bits per heavy atom. The average molecular weight is 494 g/mol. The summed E-state index contributed by atoms with van der Waals surface area (Å²) >= 11 is 0. The van der Waals surface area contributed by atoms with Crippen LogP contribution in [0.5, 0.6) is 0 Å². The fraction of sp³-hybridized carbons (Fsp3) is 0.308. The van der Waals surface area contributed by atoms with Gasteiger partial charge in [0.2, 0.25) is 5.91 Å². The first-order valence-corrected chi connectivity index (χ1v) is 13.0. The van der Waals surface area contributed by atoms with Crippen LogP contribution >= 0.6 is 0 Å². The van der Waals surface area contributed by atoms with Gasteiger partial charge in [0.15, 0.2) is 0 Å². The Kier molecular flexibility index (Phi) is 7.49. The molecular formula is C26H31N5O3S. The number of hydrogen-bond acceptors (Lipinski definition) is 5. The molecule has 184 valence electrons. The van der Waals surface area contributed by atoms with E-state index in [-0.39, 0.29) is 11.8 Å². The van der Waals surface area contributed by atoms with E-state index in [1.165, 1.54) is 25.9 Å². The molecule has 0 spiro atoms. The van der Waals surface area contributed by atoms with Crippen molar-refractivity contribution in [1.82, 2.24) is 14.6 Å². The number of rotatable bonds is 8. The molecule has 3 aromatic rings. The van der Waals surface area contributed by atoms with Crippen LogP contribution in [0, 0.1) is 6.92 Å². The summed E-state index contributed by atoms with van der Waals surface area (Å²) < 4.78 is 27.4. The summed E-state index contributed by atoms with van der Waals surface area (Å²) in [5.41, 5.74) is 3.74. The Balaban J connectivity index is 1.46. The summed E-state index contributed by atoms with van der Waals surface area (Å²) in [6.07, 6.45) is 1.47. The highest BCUT2D eigenvalue weighted by Gasteiger charge is 2.34. The predicted octanol–water partition coefficient (Wildman–Crippen LogP) is 3.46. The molecule has 1 aliphatic heterocycles. The van der Waals surface area contributed by atoms with Crippen molar-refractivity contribution in [3.63, 3.8) is 0 Å². The monoisotopic (exact) mass is 493 g/mol. The fourth-order valence-corrected chi connectivity index (χ4v) is 5.35. The zero-order valence-corrected chi connectivity index (χ0v) is 21.0. The Morgan fingerprint density at radius 3 is 2.31 bits per heavy atom.